The molecule has 0 aliphatic rings. The van der Waals surface area contributed by atoms with Gasteiger partial charge < -0.3 is 5.73 Å². The predicted octanol–water partition coefficient (Wildman–Crippen LogP) is 3.21. The Morgan fingerprint density at radius 2 is 1.47 bits per heavy atom. The Kier molecular flexibility index (Phi) is 2.37. The summed E-state index contributed by atoms with van der Waals surface area (Å²) in [7, 11) is 0. The van der Waals surface area contributed by atoms with Crippen LogP contribution in [0.2, 0.25) is 0 Å². The topological polar surface area (TPSA) is 26.0 Å². The van der Waals surface area contributed by atoms with Gasteiger partial charge in [0, 0.05) is 16.8 Å². The van der Waals surface area contributed by atoms with Crippen LogP contribution in [-0.4, -0.2) is 0 Å². The molecule has 0 aliphatic heterocycles. The summed E-state index contributed by atoms with van der Waals surface area (Å²) in [6.07, 6.45) is 0. The maximum atomic E-state index is 13.5. The summed E-state index contributed by atoms with van der Waals surface area (Å²) in [5.41, 5.74) is 6.21. The molecular weight excluding hydrogens is 196 g/mol. The molecule has 0 radical (unpaired) electrons. The molecule has 3 heteroatoms. The minimum absolute atomic E-state index is 0.224. The average Bonchev–Trinajstić information content (AvgIpc) is 2.20. The summed E-state index contributed by atoms with van der Waals surface area (Å²) in [6, 6.07) is 10.3. The van der Waals surface area contributed by atoms with Gasteiger partial charge in [0.2, 0.25) is 0 Å². The van der Waals surface area contributed by atoms with E-state index in [9.17, 15) is 8.78 Å². The molecule has 2 aromatic carbocycles. The molecule has 0 unspecified atom stereocenters. The monoisotopic (exact) mass is 205 g/mol. The molecule has 0 aliphatic carbocycles. The maximum Gasteiger partial charge on any atom is 0.133 e. The molecule has 2 aromatic rings. The lowest BCUT2D eigenvalue weighted by atomic mass is 10.0. The van der Waals surface area contributed by atoms with Crippen LogP contribution in [0.1, 0.15) is 0 Å². The van der Waals surface area contributed by atoms with Crippen LogP contribution in [-0.2, 0) is 0 Å². The highest BCUT2D eigenvalue weighted by molar-refractivity contribution is 5.66. The highest BCUT2D eigenvalue weighted by Crippen LogP contribution is 2.26. The molecule has 0 fully saturated rings. The van der Waals surface area contributed by atoms with Crippen molar-refractivity contribution in [3.63, 3.8) is 0 Å². The van der Waals surface area contributed by atoms with Crippen molar-refractivity contribution in [2.24, 2.45) is 0 Å². The fourth-order valence-corrected chi connectivity index (χ4v) is 1.43. The van der Waals surface area contributed by atoms with E-state index < -0.39 is 11.6 Å². The van der Waals surface area contributed by atoms with Gasteiger partial charge in [0.05, 0.1) is 0 Å². The van der Waals surface area contributed by atoms with Crippen molar-refractivity contribution in [1.82, 2.24) is 0 Å². The molecule has 0 spiro atoms. The molecule has 0 bridgehead atoms. The van der Waals surface area contributed by atoms with Gasteiger partial charge in [0.1, 0.15) is 11.6 Å². The summed E-state index contributed by atoms with van der Waals surface area (Å²) in [4.78, 5) is 0. The SMILES string of the molecule is Nc1ccc(-c2ccccc2F)c(F)c1. The number of nitrogen functional groups attached to an aromatic ring is 1. The Balaban J connectivity index is 2.60. The zero-order valence-electron chi connectivity index (χ0n) is 7.87. The van der Waals surface area contributed by atoms with Gasteiger partial charge in [-0.25, -0.2) is 8.78 Å². The molecule has 2 rings (SSSR count). The summed E-state index contributed by atoms with van der Waals surface area (Å²) < 4.78 is 26.8. The van der Waals surface area contributed by atoms with Crippen molar-refractivity contribution < 1.29 is 8.78 Å². The van der Waals surface area contributed by atoms with Gasteiger partial charge in [-0.05, 0) is 24.3 Å². The minimum Gasteiger partial charge on any atom is -0.399 e. The molecule has 0 amide bonds. The van der Waals surface area contributed by atoms with Crippen LogP contribution >= 0.6 is 0 Å². The van der Waals surface area contributed by atoms with Crippen molar-refractivity contribution in [1.29, 1.82) is 0 Å². The van der Waals surface area contributed by atoms with E-state index in [0.29, 0.717) is 5.69 Å². The lowest BCUT2D eigenvalue weighted by molar-refractivity contribution is 0.616. The van der Waals surface area contributed by atoms with Crippen molar-refractivity contribution >= 4 is 5.69 Å². The Morgan fingerprint density at radius 3 is 2.13 bits per heavy atom. The summed E-state index contributed by atoms with van der Waals surface area (Å²) >= 11 is 0. The van der Waals surface area contributed by atoms with Gasteiger partial charge in [-0.1, -0.05) is 18.2 Å². The first-order valence-electron chi connectivity index (χ1n) is 4.48. The quantitative estimate of drug-likeness (QED) is 0.711. The standard InChI is InChI=1S/C12H9F2N/c13-11-4-2-1-3-9(11)10-6-5-8(15)7-12(10)14/h1-7H,15H2. The Labute approximate surface area is 86.2 Å². The van der Waals surface area contributed by atoms with E-state index in [-0.39, 0.29) is 11.1 Å². The highest BCUT2D eigenvalue weighted by Gasteiger charge is 2.08. The van der Waals surface area contributed by atoms with Gasteiger partial charge in [-0.3, -0.25) is 0 Å². The minimum atomic E-state index is -0.514. The van der Waals surface area contributed by atoms with Crippen molar-refractivity contribution in [2.75, 3.05) is 5.73 Å². The van der Waals surface area contributed by atoms with Gasteiger partial charge >= 0.3 is 0 Å². The molecule has 2 N–H and O–H groups in total. The Hall–Kier alpha value is -1.90. The normalized spacial score (nSPS) is 10.3. The molecule has 0 aromatic heterocycles. The first-order valence-corrected chi connectivity index (χ1v) is 4.48. The Morgan fingerprint density at radius 1 is 0.800 bits per heavy atom. The van der Waals surface area contributed by atoms with Gasteiger partial charge in [-0.15, -0.1) is 0 Å². The molecule has 0 heterocycles. The number of nitrogens with two attached hydrogens (primary N) is 1. The summed E-state index contributed by atoms with van der Waals surface area (Å²) in [6.45, 7) is 0. The van der Waals surface area contributed by atoms with Crippen molar-refractivity contribution in [3.05, 3.63) is 54.1 Å². The maximum absolute atomic E-state index is 13.5. The van der Waals surface area contributed by atoms with Crippen LogP contribution in [0.4, 0.5) is 14.5 Å². The largest absolute Gasteiger partial charge is 0.399 e. The lowest BCUT2D eigenvalue weighted by Crippen LogP contribution is -1.91. The van der Waals surface area contributed by atoms with Crippen LogP contribution in [0.15, 0.2) is 42.5 Å². The zero-order valence-corrected chi connectivity index (χ0v) is 7.87. The fourth-order valence-electron chi connectivity index (χ4n) is 1.43. The van der Waals surface area contributed by atoms with E-state index in [4.69, 9.17) is 5.73 Å². The second-order valence-electron chi connectivity index (χ2n) is 3.22. The van der Waals surface area contributed by atoms with E-state index in [1.54, 1.807) is 18.2 Å². The third-order valence-corrected chi connectivity index (χ3v) is 2.16. The molecule has 0 atom stereocenters. The Bertz CT molecular complexity index is 495. The molecule has 1 nitrogen and oxygen atoms in total. The molecule has 0 saturated heterocycles. The van der Waals surface area contributed by atoms with E-state index in [0.717, 1.165) is 0 Å². The third-order valence-electron chi connectivity index (χ3n) is 2.16. The van der Waals surface area contributed by atoms with E-state index in [1.807, 2.05) is 0 Å². The third kappa shape index (κ3) is 1.81. The molecule has 76 valence electrons. The van der Waals surface area contributed by atoms with Crippen LogP contribution < -0.4 is 5.73 Å². The second kappa shape index (κ2) is 3.69. The average molecular weight is 205 g/mol. The molecule has 15 heavy (non-hydrogen) atoms. The van der Waals surface area contributed by atoms with Gasteiger partial charge in [-0.2, -0.15) is 0 Å². The van der Waals surface area contributed by atoms with E-state index in [1.165, 1.54) is 24.3 Å². The lowest BCUT2D eigenvalue weighted by Gasteiger charge is -2.05. The predicted molar refractivity (Wildman–Crippen MR) is 56.2 cm³/mol. The van der Waals surface area contributed by atoms with E-state index >= 15 is 0 Å². The number of hydrogen-bond acceptors (Lipinski definition) is 1. The van der Waals surface area contributed by atoms with Crippen LogP contribution in [0.25, 0.3) is 11.1 Å². The number of anilines is 1. The van der Waals surface area contributed by atoms with Crippen molar-refractivity contribution in [2.45, 2.75) is 0 Å². The van der Waals surface area contributed by atoms with Crippen LogP contribution in [0.3, 0.4) is 0 Å². The second-order valence-corrected chi connectivity index (χ2v) is 3.22. The van der Waals surface area contributed by atoms with Gasteiger partial charge in [0.15, 0.2) is 0 Å². The molecule has 0 saturated carbocycles. The zero-order chi connectivity index (χ0) is 10.8. The smallest absolute Gasteiger partial charge is 0.133 e. The van der Waals surface area contributed by atoms with Gasteiger partial charge in [0.25, 0.3) is 0 Å². The summed E-state index contributed by atoms with van der Waals surface area (Å²) in [5.74, 6) is -0.957. The van der Waals surface area contributed by atoms with Crippen LogP contribution in [0.5, 0.6) is 0 Å². The molecular formula is C12H9F2N. The first-order chi connectivity index (χ1) is 7.18. The fraction of sp³-hybridized carbons (Fsp3) is 0. The number of rotatable bonds is 1. The van der Waals surface area contributed by atoms with Crippen molar-refractivity contribution in [3.8, 4) is 11.1 Å². The number of halogens is 2. The number of hydrogen-bond donors (Lipinski definition) is 1. The number of benzene rings is 2. The first kappa shape index (κ1) is 9.65. The van der Waals surface area contributed by atoms with E-state index in [2.05, 4.69) is 0 Å². The summed E-state index contributed by atoms with van der Waals surface area (Å²) in [5, 5.41) is 0. The van der Waals surface area contributed by atoms with Crippen LogP contribution in [0, 0.1) is 11.6 Å². The highest BCUT2D eigenvalue weighted by atomic mass is 19.1.